The van der Waals surface area contributed by atoms with Gasteiger partial charge in [-0.25, -0.2) is 9.97 Å². The van der Waals surface area contributed by atoms with Gasteiger partial charge in [0.25, 0.3) is 0 Å². The highest BCUT2D eigenvalue weighted by atomic mass is 14.9. The third-order valence-corrected chi connectivity index (χ3v) is 3.39. The molecule has 0 spiro atoms. The fraction of sp³-hybridized carbons (Fsp3) is 0.765. The van der Waals surface area contributed by atoms with E-state index in [-0.39, 0.29) is 0 Å². The molecule has 0 amide bonds. The minimum Gasteiger partial charge on any atom is -0.316 e. The third kappa shape index (κ3) is 6.00. The Morgan fingerprint density at radius 1 is 0.950 bits per heavy atom. The van der Waals surface area contributed by atoms with E-state index in [1.807, 2.05) is 0 Å². The van der Waals surface area contributed by atoms with Crippen LogP contribution in [0.5, 0.6) is 0 Å². The summed E-state index contributed by atoms with van der Waals surface area (Å²) in [6, 6.07) is 0. The van der Waals surface area contributed by atoms with Crippen LogP contribution in [-0.4, -0.2) is 23.1 Å². The second-order valence-corrected chi connectivity index (χ2v) is 6.59. The minimum atomic E-state index is 0.611. The molecule has 0 atom stereocenters. The number of rotatable bonds is 8. The molecule has 0 aromatic carbocycles. The van der Waals surface area contributed by atoms with Crippen LogP contribution in [0.4, 0.5) is 0 Å². The first-order valence-electron chi connectivity index (χ1n) is 7.93. The van der Waals surface area contributed by atoms with E-state index in [4.69, 9.17) is 0 Å². The summed E-state index contributed by atoms with van der Waals surface area (Å²) in [5.41, 5.74) is 3.66. The van der Waals surface area contributed by atoms with Gasteiger partial charge in [-0.3, -0.25) is 0 Å². The van der Waals surface area contributed by atoms with Crippen LogP contribution in [0.25, 0.3) is 0 Å². The molecule has 0 bridgehead atoms. The number of nitrogens with zero attached hydrogens (tertiary/aromatic N) is 2. The molecule has 0 saturated carbocycles. The van der Waals surface area contributed by atoms with Crippen molar-refractivity contribution >= 4 is 0 Å². The van der Waals surface area contributed by atoms with Crippen LogP contribution in [0.15, 0.2) is 0 Å². The normalized spacial score (nSPS) is 11.6. The Morgan fingerprint density at radius 3 is 2.05 bits per heavy atom. The average molecular weight is 277 g/mol. The van der Waals surface area contributed by atoms with Crippen molar-refractivity contribution in [1.82, 2.24) is 15.3 Å². The molecule has 1 N–H and O–H groups in total. The lowest BCUT2D eigenvalue weighted by Gasteiger charge is -2.12. The summed E-state index contributed by atoms with van der Waals surface area (Å²) >= 11 is 0. The molecule has 1 aromatic rings. The van der Waals surface area contributed by atoms with E-state index in [9.17, 15) is 0 Å². The summed E-state index contributed by atoms with van der Waals surface area (Å²) in [5, 5.41) is 3.49. The number of aromatic nitrogens is 2. The molecule has 3 nitrogen and oxygen atoms in total. The number of hydrogen-bond acceptors (Lipinski definition) is 3. The van der Waals surface area contributed by atoms with Crippen LogP contribution < -0.4 is 5.32 Å². The van der Waals surface area contributed by atoms with Crippen molar-refractivity contribution in [2.75, 3.05) is 13.1 Å². The van der Waals surface area contributed by atoms with Crippen LogP contribution in [0.2, 0.25) is 0 Å². The summed E-state index contributed by atoms with van der Waals surface area (Å²) in [6.45, 7) is 15.3. The maximum atomic E-state index is 4.67. The Bertz CT molecular complexity index is 388. The summed E-state index contributed by atoms with van der Waals surface area (Å²) in [5.74, 6) is 2.33. The first kappa shape index (κ1) is 17.1. The number of hydrogen-bond donors (Lipinski definition) is 1. The summed E-state index contributed by atoms with van der Waals surface area (Å²) in [4.78, 5) is 9.34. The lowest BCUT2D eigenvalue weighted by Crippen LogP contribution is -2.21. The fourth-order valence-electron chi connectivity index (χ4n) is 2.41. The average Bonchev–Trinajstić information content (AvgIpc) is 2.30. The lowest BCUT2D eigenvalue weighted by atomic mass is 10.1. The first-order chi connectivity index (χ1) is 9.40. The van der Waals surface area contributed by atoms with Gasteiger partial charge < -0.3 is 5.32 Å². The zero-order valence-electron chi connectivity index (χ0n) is 14.1. The van der Waals surface area contributed by atoms with Crippen molar-refractivity contribution in [2.45, 2.75) is 60.8 Å². The van der Waals surface area contributed by atoms with Gasteiger partial charge in [0.15, 0.2) is 0 Å². The predicted octanol–water partition coefficient (Wildman–Crippen LogP) is 3.47. The fourth-order valence-corrected chi connectivity index (χ4v) is 2.41. The van der Waals surface area contributed by atoms with Gasteiger partial charge in [-0.05, 0) is 57.2 Å². The zero-order chi connectivity index (χ0) is 15.1. The summed E-state index contributed by atoms with van der Waals surface area (Å²) < 4.78 is 0. The van der Waals surface area contributed by atoms with Gasteiger partial charge >= 0.3 is 0 Å². The van der Waals surface area contributed by atoms with Crippen LogP contribution in [0, 0.1) is 25.7 Å². The summed E-state index contributed by atoms with van der Waals surface area (Å²) in [6.07, 6.45) is 3.20. The van der Waals surface area contributed by atoms with Crippen molar-refractivity contribution < 1.29 is 0 Å². The van der Waals surface area contributed by atoms with Gasteiger partial charge in [0.2, 0.25) is 0 Å². The summed E-state index contributed by atoms with van der Waals surface area (Å²) in [7, 11) is 0. The highest BCUT2D eigenvalue weighted by Crippen LogP contribution is 2.14. The van der Waals surface area contributed by atoms with Gasteiger partial charge in [-0.15, -0.1) is 0 Å². The molecular formula is C17H31N3. The monoisotopic (exact) mass is 277 g/mol. The molecule has 20 heavy (non-hydrogen) atoms. The molecule has 0 saturated heterocycles. The topological polar surface area (TPSA) is 37.8 Å². The highest BCUT2D eigenvalue weighted by Gasteiger charge is 2.09. The molecule has 3 heteroatoms. The Kier molecular flexibility index (Phi) is 7.14. The molecule has 0 unspecified atom stereocenters. The van der Waals surface area contributed by atoms with Crippen molar-refractivity contribution in [3.05, 3.63) is 22.8 Å². The van der Waals surface area contributed by atoms with Crippen LogP contribution in [0.3, 0.4) is 0 Å². The molecule has 114 valence electrons. The smallest absolute Gasteiger partial charge is 0.129 e. The van der Waals surface area contributed by atoms with E-state index in [2.05, 4.69) is 56.8 Å². The SMILES string of the molecule is Cc1nc(CC(C)C)nc(C)c1CCCNCC(C)C. The van der Waals surface area contributed by atoms with E-state index in [0.29, 0.717) is 5.92 Å². The van der Waals surface area contributed by atoms with Gasteiger partial charge in [0, 0.05) is 17.8 Å². The van der Waals surface area contributed by atoms with Crippen LogP contribution >= 0.6 is 0 Å². The van der Waals surface area contributed by atoms with Crippen LogP contribution in [-0.2, 0) is 12.8 Å². The van der Waals surface area contributed by atoms with Crippen LogP contribution in [0.1, 0.15) is 56.9 Å². The Labute approximate surface area is 124 Å². The van der Waals surface area contributed by atoms with E-state index in [1.54, 1.807) is 0 Å². The molecule has 0 aliphatic rings. The van der Waals surface area contributed by atoms with Gasteiger partial charge in [0.1, 0.15) is 5.82 Å². The minimum absolute atomic E-state index is 0.611. The maximum absolute atomic E-state index is 4.67. The van der Waals surface area contributed by atoms with E-state index >= 15 is 0 Å². The van der Waals surface area contributed by atoms with Gasteiger partial charge in [-0.2, -0.15) is 0 Å². The first-order valence-corrected chi connectivity index (χ1v) is 7.93. The van der Waals surface area contributed by atoms with Crippen molar-refractivity contribution in [3.8, 4) is 0 Å². The largest absolute Gasteiger partial charge is 0.316 e. The third-order valence-electron chi connectivity index (χ3n) is 3.39. The van der Waals surface area contributed by atoms with Crippen molar-refractivity contribution in [3.63, 3.8) is 0 Å². The number of aryl methyl sites for hydroxylation is 2. The Morgan fingerprint density at radius 2 is 1.55 bits per heavy atom. The molecule has 1 heterocycles. The lowest BCUT2D eigenvalue weighted by molar-refractivity contribution is 0.542. The van der Waals surface area contributed by atoms with Crippen molar-refractivity contribution in [1.29, 1.82) is 0 Å². The Hall–Kier alpha value is -0.960. The molecule has 0 radical (unpaired) electrons. The molecule has 0 fully saturated rings. The molecular weight excluding hydrogens is 246 g/mol. The zero-order valence-corrected chi connectivity index (χ0v) is 14.1. The second kappa shape index (κ2) is 8.35. The van der Waals surface area contributed by atoms with Gasteiger partial charge in [-0.1, -0.05) is 27.7 Å². The molecule has 1 rings (SSSR count). The van der Waals surface area contributed by atoms with E-state index in [1.165, 1.54) is 5.56 Å². The van der Waals surface area contributed by atoms with Crippen molar-refractivity contribution in [2.24, 2.45) is 11.8 Å². The standard InChI is InChI=1S/C17H31N3/c1-12(2)10-17-19-14(5)16(15(6)20-17)8-7-9-18-11-13(3)4/h12-13,18H,7-11H2,1-6H3. The Balaban J connectivity index is 2.53. The number of nitrogens with one attached hydrogen (secondary N) is 1. The predicted molar refractivity (Wildman–Crippen MR) is 86.1 cm³/mol. The molecule has 0 aliphatic carbocycles. The highest BCUT2D eigenvalue weighted by molar-refractivity contribution is 5.24. The van der Waals surface area contributed by atoms with E-state index in [0.717, 1.165) is 55.5 Å². The maximum Gasteiger partial charge on any atom is 0.129 e. The molecule has 1 aromatic heterocycles. The van der Waals surface area contributed by atoms with E-state index < -0.39 is 0 Å². The second-order valence-electron chi connectivity index (χ2n) is 6.59. The van der Waals surface area contributed by atoms with Gasteiger partial charge in [0.05, 0.1) is 0 Å². The molecule has 0 aliphatic heterocycles. The quantitative estimate of drug-likeness (QED) is 0.739.